The molecule has 0 saturated carbocycles. The molecule has 1 heterocycles. The van der Waals surface area contributed by atoms with Crippen LogP contribution in [0.1, 0.15) is 12.5 Å². The summed E-state index contributed by atoms with van der Waals surface area (Å²) in [5.74, 6) is 0.628. The van der Waals surface area contributed by atoms with E-state index < -0.39 is 0 Å². The first-order chi connectivity index (χ1) is 10.1. The molecule has 0 bridgehead atoms. The number of aromatic nitrogens is 1. The van der Waals surface area contributed by atoms with E-state index in [0.29, 0.717) is 18.0 Å². The molecule has 1 aromatic carbocycles. The Hall–Kier alpha value is -1.60. The Labute approximate surface area is 135 Å². The molecule has 0 fully saturated rings. The predicted octanol–water partition coefficient (Wildman–Crippen LogP) is 4.48. The molecule has 0 amide bonds. The SMILES string of the molecule is CCNc1ccc(CSc2ncccc2Br)cc1[N+](=O)[O-]. The van der Waals surface area contributed by atoms with Gasteiger partial charge in [0.15, 0.2) is 0 Å². The highest BCUT2D eigenvalue weighted by molar-refractivity contribution is 9.10. The third-order valence-electron chi connectivity index (χ3n) is 2.73. The summed E-state index contributed by atoms with van der Waals surface area (Å²) in [5.41, 5.74) is 1.55. The third kappa shape index (κ3) is 4.18. The zero-order valence-corrected chi connectivity index (χ0v) is 13.8. The number of nitro benzene ring substituents is 1. The molecule has 0 aliphatic rings. The Morgan fingerprint density at radius 1 is 1.43 bits per heavy atom. The van der Waals surface area contributed by atoms with E-state index in [1.165, 1.54) is 11.8 Å². The number of halogens is 1. The van der Waals surface area contributed by atoms with Crippen LogP contribution in [0.5, 0.6) is 0 Å². The maximum absolute atomic E-state index is 11.1. The largest absolute Gasteiger partial charge is 0.380 e. The van der Waals surface area contributed by atoms with Crippen molar-refractivity contribution in [3.63, 3.8) is 0 Å². The van der Waals surface area contributed by atoms with E-state index >= 15 is 0 Å². The van der Waals surface area contributed by atoms with E-state index in [9.17, 15) is 10.1 Å². The van der Waals surface area contributed by atoms with Gasteiger partial charge in [-0.15, -0.1) is 11.8 Å². The van der Waals surface area contributed by atoms with Gasteiger partial charge in [-0.05, 0) is 46.6 Å². The Kier molecular flexibility index (Phi) is 5.58. The first kappa shape index (κ1) is 15.8. The second kappa shape index (κ2) is 7.42. The number of rotatable bonds is 6. The standard InChI is InChI=1S/C14H14BrN3O2S/c1-2-16-12-6-5-10(8-13(12)18(19)20)9-21-14-11(15)4-3-7-17-14/h3-8,16H,2,9H2,1H3. The minimum Gasteiger partial charge on any atom is -0.380 e. The van der Waals surface area contributed by atoms with Crippen LogP contribution in [-0.2, 0) is 5.75 Å². The molecule has 0 radical (unpaired) electrons. The van der Waals surface area contributed by atoms with Crippen LogP contribution in [0.15, 0.2) is 46.0 Å². The number of nitrogens with one attached hydrogen (secondary N) is 1. The molecule has 0 atom stereocenters. The van der Waals surface area contributed by atoms with Crippen molar-refractivity contribution in [1.29, 1.82) is 0 Å². The fraction of sp³-hybridized carbons (Fsp3) is 0.214. The highest BCUT2D eigenvalue weighted by Gasteiger charge is 2.14. The van der Waals surface area contributed by atoms with Crippen molar-refractivity contribution >= 4 is 39.1 Å². The molecule has 0 unspecified atom stereocenters. The molecule has 21 heavy (non-hydrogen) atoms. The van der Waals surface area contributed by atoms with Crippen LogP contribution in [0.3, 0.4) is 0 Å². The van der Waals surface area contributed by atoms with Crippen LogP contribution >= 0.6 is 27.7 Å². The first-order valence-corrected chi connectivity index (χ1v) is 8.14. The van der Waals surface area contributed by atoms with Gasteiger partial charge in [-0.1, -0.05) is 6.07 Å². The molecule has 0 aliphatic heterocycles. The van der Waals surface area contributed by atoms with Gasteiger partial charge in [0.05, 0.1) is 4.92 Å². The normalized spacial score (nSPS) is 10.4. The number of hydrogen-bond donors (Lipinski definition) is 1. The number of anilines is 1. The lowest BCUT2D eigenvalue weighted by Crippen LogP contribution is -2.01. The molecule has 5 nitrogen and oxygen atoms in total. The van der Waals surface area contributed by atoms with E-state index in [1.54, 1.807) is 18.3 Å². The summed E-state index contributed by atoms with van der Waals surface area (Å²) in [5, 5.41) is 15.0. The third-order valence-corrected chi connectivity index (χ3v) is 4.71. The van der Waals surface area contributed by atoms with E-state index in [-0.39, 0.29) is 10.6 Å². The average molecular weight is 368 g/mol. The van der Waals surface area contributed by atoms with Gasteiger partial charge in [-0.3, -0.25) is 10.1 Å². The van der Waals surface area contributed by atoms with Gasteiger partial charge in [-0.2, -0.15) is 0 Å². The van der Waals surface area contributed by atoms with Crippen LogP contribution in [0.25, 0.3) is 0 Å². The summed E-state index contributed by atoms with van der Waals surface area (Å²) < 4.78 is 0.925. The molecule has 2 rings (SSSR count). The van der Waals surface area contributed by atoms with E-state index in [0.717, 1.165) is 15.1 Å². The van der Waals surface area contributed by atoms with Gasteiger partial charge in [-0.25, -0.2) is 4.98 Å². The van der Waals surface area contributed by atoms with Gasteiger partial charge in [0.25, 0.3) is 5.69 Å². The maximum Gasteiger partial charge on any atom is 0.292 e. The van der Waals surface area contributed by atoms with E-state index in [4.69, 9.17) is 0 Å². The highest BCUT2D eigenvalue weighted by Crippen LogP contribution is 2.31. The van der Waals surface area contributed by atoms with Crippen LogP contribution in [0, 0.1) is 10.1 Å². The Balaban J connectivity index is 2.16. The van der Waals surface area contributed by atoms with Crippen molar-refractivity contribution in [2.45, 2.75) is 17.7 Å². The zero-order valence-electron chi connectivity index (χ0n) is 11.4. The first-order valence-electron chi connectivity index (χ1n) is 6.36. The van der Waals surface area contributed by atoms with E-state index in [1.807, 2.05) is 25.1 Å². The number of thioether (sulfide) groups is 1. The monoisotopic (exact) mass is 367 g/mol. The van der Waals surface area contributed by atoms with Crippen LogP contribution in [0.4, 0.5) is 11.4 Å². The molecule has 0 saturated heterocycles. The Morgan fingerprint density at radius 2 is 2.24 bits per heavy atom. The second-order valence-electron chi connectivity index (χ2n) is 4.22. The summed E-state index contributed by atoms with van der Waals surface area (Å²) in [7, 11) is 0. The van der Waals surface area contributed by atoms with Crippen molar-refractivity contribution in [3.8, 4) is 0 Å². The minimum atomic E-state index is -0.358. The van der Waals surface area contributed by atoms with Crippen LogP contribution in [0.2, 0.25) is 0 Å². The molecule has 1 N–H and O–H groups in total. The Morgan fingerprint density at radius 3 is 2.90 bits per heavy atom. The van der Waals surface area contributed by atoms with Crippen molar-refractivity contribution in [2.24, 2.45) is 0 Å². The summed E-state index contributed by atoms with van der Waals surface area (Å²) in [6.45, 7) is 2.56. The van der Waals surface area contributed by atoms with E-state index in [2.05, 4.69) is 26.2 Å². The topological polar surface area (TPSA) is 68.1 Å². The molecule has 0 spiro atoms. The molecule has 110 valence electrons. The number of hydrogen-bond acceptors (Lipinski definition) is 5. The maximum atomic E-state index is 11.1. The fourth-order valence-electron chi connectivity index (χ4n) is 1.79. The number of benzene rings is 1. The molecule has 1 aromatic heterocycles. The zero-order chi connectivity index (χ0) is 15.2. The van der Waals surface area contributed by atoms with Crippen molar-refractivity contribution in [2.75, 3.05) is 11.9 Å². The minimum absolute atomic E-state index is 0.107. The summed E-state index contributed by atoms with van der Waals surface area (Å²) >= 11 is 4.98. The predicted molar refractivity (Wildman–Crippen MR) is 88.8 cm³/mol. The lowest BCUT2D eigenvalue weighted by Gasteiger charge is -2.07. The van der Waals surface area contributed by atoms with Crippen LogP contribution < -0.4 is 5.32 Å². The summed E-state index contributed by atoms with van der Waals surface area (Å²) in [4.78, 5) is 15.0. The highest BCUT2D eigenvalue weighted by atomic mass is 79.9. The number of nitrogens with zero attached hydrogens (tertiary/aromatic N) is 2. The second-order valence-corrected chi connectivity index (χ2v) is 6.04. The quantitative estimate of drug-likeness (QED) is 0.463. The van der Waals surface area contributed by atoms with Gasteiger partial charge in [0, 0.05) is 29.0 Å². The molecule has 7 heteroatoms. The summed E-state index contributed by atoms with van der Waals surface area (Å²) in [6.07, 6.45) is 1.73. The molecular formula is C14H14BrN3O2S. The molecule has 0 aliphatic carbocycles. The summed E-state index contributed by atoms with van der Waals surface area (Å²) in [6, 6.07) is 9.04. The smallest absolute Gasteiger partial charge is 0.292 e. The average Bonchev–Trinajstić information content (AvgIpc) is 2.47. The van der Waals surface area contributed by atoms with Gasteiger partial charge in [0.1, 0.15) is 10.7 Å². The van der Waals surface area contributed by atoms with Crippen molar-refractivity contribution < 1.29 is 4.92 Å². The van der Waals surface area contributed by atoms with Crippen molar-refractivity contribution in [1.82, 2.24) is 4.98 Å². The fourth-order valence-corrected chi connectivity index (χ4v) is 3.21. The van der Waals surface area contributed by atoms with Gasteiger partial charge < -0.3 is 5.32 Å². The Bertz CT molecular complexity index is 652. The number of pyridine rings is 1. The van der Waals surface area contributed by atoms with Crippen molar-refractivity contribution in [3.05, 3.63) is 56.7 Å². The van der Waals surface area contributed by atoms with Gasteiger partial charge in [0.2, 0.25) is 0 Å². The van der Waals surface area contributed by atoms with Gasteiger partial charge >= 0.3 is 0 Å². The lowest BCUT2D eigenvalue weighted by molar-refractivity contribution is -0.384. The van der Waals surface area contributed by atoms with Crippen LogP contribution in [-0.4, -0.2) is 16.5 Å². The lowest BCUT2D eigenvalue weighted by atomic mass is 10.2. The molecular weight excluding hydrogens is 354 g/mol. The number of nitro groups is 1. The molecule has 2 aromatic rings.